The summed E-state index contributed by atoms with van der Waals surface area (Å²) in [6, 6.07) is 20.0. The summed E-state index contributed by atoms with van der Waals surface area (Å²) in [7, 11) is 0. The van der Waals surface area contributed by atoms with Crippen LogP contribution in [0.4, 0.5) is 10.1 Å². The van der Waals surface area contributed by atoms with Crippen molar-refractivity contribution in [3.8, 4) is 0 Å². The van der Waals surface area contributed by atoms with Crippen molar-refractivity contribution in [2.75, 3.05) is 18.0 Å². The van der Waals surface area contributed by atoms with Crippen molar-refractivity contribution in [2.24, 2.45) is 0 Å². The molecule has 4 nitrogen and oxygen atoms in total. The van der Waals surface area contributed by atoms with Crippen LogP contribution in [0.2, 0.25) is 0 Å². The Hall–Kier alpha value is -3.05. The third kappa shape index (κ3) is 4.69. The third-order valence-corrected chi connectivity index (χ3v) is 5.41. The summed E-state index contributed by atoms with van der Waals surface area (Å²) in [5.74, 6) is -0.455. The second kappa shape index (κ2) is 8.97. The van der Waals surface area contributed by atoms with Crippen LogP contribution in [-0.2, 0) is 6.54 Å². The van der Waals surface area contributed by atoms with Gasteiger partial charge < -0.3 is 4.90 Å². The van der Waals surface area contributed by atoms with Gasteiger partial charge in [-0.05, 0) is 54.8 Å². The smallest absolute Gasteiger partial charge is 0.258 e. The topological polar surface area (TPSA) is 36.4 Å². The Balaban J connectivity index is 1.50. The van der Waals surface area contributed by atoms with Crippen LogP contribution in [0.25, 0.3) is 0 Å². The van der Waals surface area contributed by atoms with Crippen molar-refractivity contribution in [3.63, 3.8) is 0 Å². The minimum atomic E-state index is -0.344. The maximum absolute atomic E-state index is 13.3. The third-order valence-electron chi connectivity index (χ3n) is 5.41. The lowest BCUT2D eigenvalue weighted by Gasteiger charge is -2.38. The zero-order valence-corrected chi connectivity index (χ0v) is 16.2. The fourth-order valence-corrected chi connectivity index (χ4v) is 3.90. The Labute approximate surface area is 170 Å². The van der Waals surface area contributed by atoms with Gasteiger partial charge in [0.1, 0.15) is 5.82 Å². The van der Waals surface area contributed by atoms with Crippen LogP contribution >= 0.6 is 0 Å². The van der Waals surface area contributed by atoms with E-state index in [1.54, 1.807) is 24.5 Å². The molecule has 2 heterocycles. The van der Waals surface area contributed by atoms with E-state index in [2.05, 4.69) is 34.1 Å². The van der Waals surface area contributed by atoms with Crippen molar-refractivity contribution in [3.05, 3.63) is 96.1 Å². The van der Waals surface area contributed by atoms with Crippen LogP contribution in [0.1, 0.15) is 28.8 Å². The number of rotatable bonds is 5. The minimum Gasteiger partial charge on any atom is -0.304 e. The van der Waals surface area contributed by atoms with Crippen molar-refractivity contribution in [1.82, 2.24) is 9.88 Å². The molecule has 0 bridgehead atoms. The first-order valence-electron chi connectivity index (χ1n) is 9.96. The van der Waals surface area contributed by atoms with E-state index in [1.807, 2.05) is 23.1 Å². The number of hydrogen-bond donors (Lipinski definition) is 0. The molecule has 0 saturated carbocycles. The Morgan fingerprint density at radius 1 is 1.00 bits per heavy atom. The van der Waals surface area contributed by atoms with Gasteiger partial charge in [-0.3, -0.25) is 14.7 Å². The van der Waals surface area contributed by atoms with Gasteiger partial charge in [-0.1, -0.05) is 30.3 Å². The zero-order chi connectivity index (χ0) is 20.1. The van der Waals surface area contributed by atoms with E-state index in [4.69, 9.17) is 0 Å². The number of pyridine rings is 1. The minimum absolute atomic E-state index is 0.0868. The highest BCUT2D eigenvalue weighted by Gasteiger charge is 2.30. The predicted molar refractivity (Wildman–Crippen MR) is 112 cm³/mol. The van der Waals surface area contributed by atoms with Crippen LogP contribution in [-0.4, -0.2) is 34.9 Å². The Morgan fingerprint density at radius 3 is 2.38 bits per heavy atom. The molecule has 0 aliphatic carbocycles. The van der Waals surface area contributed by atoms with Crippen LogP contribution in [0.15, 0.2) is 79.1 Å². The lowest BCUT2D eigenvalue weighted by Crippen LogP contribution is -2.47. The number of carbonyl (C=O) groups is 1. The molecule has 29 heavy (non-hydrogen) atoms. The molecule has 1 aliphatic rings. The first-order valence-corrected chi connectivity index (χ1v) is 9.96. The summed E-state index contributed by atoms with van der Waals surface area (Å²) in [4.78, 5) is 21.7. The summed E-state index contributed by atoms with van der Waals surface area (Å²) in [6.07, 6.45) is 5.19. The molecule has 148 valence electrons. The second-order valence-corrected chi connectivity index (χ2v) is 7.39. The van der Waals surface area contributed by atoms with Gasteiger partial charge in [0.25, 0.3) is 5.91 Å². The summed E-state index contributed by atoms with van der Waals surface area (Å²) >= 11 is 0. The molecule has 2 aromatic carbocycles. The summed E-state index contributed by atoms with van der Waals surface area (Å²) in [6.45, 7) is 2.77. The van der Waals surface area contributed by atoms with Gasteiger partial charge >= 0.3 is 0 Å². The molecular formula is C24H24FN3O. The molecule has 1 fully saturated rings. The molecule has 0 radical (unpaired) electrons. The standard InChI is InChI=1S/C24H24FN3O/c25-21-10-8-20(9-11-21)24(29)28(23-7-4-14-26-17-23)22-12-15-27(16-13-22)18-19-5-2-1-3-6-19/h1-11,14,17,22H,12-13,15-16,18H2. The molecule has 1 amide bonds. The molecule has 1 aromatic heterocycles. The van der Waals surface area contributed by atoms with Gasteiger partial charge in [-0.25, -0.2) is 4.39 Å². The summed E-state index contributed by atoms with van der Waals surface area (Å²) in [5, 5.41) is 0. The number of halogens is 1. The normalized spacial score (nSPS) is 15.2. The average Bonchev–Trinajstić information content (AvgIpc) is 2.77. The van der Waals surface area contributed by atoms with Crippen molar-refractivity contribution < 1.29 is 9.18 Å². The summed E-state index contributed by atoms with van der Waals surface area (Å²) < 4.78 is 13.3. The number of aromatic nitrogens is 1. The molecule has 0 atom stereocenters. The van der Waals surface area contributed by atoms with Crippen LogP contribution < -0.4 is 4.90 Å². The van der Waals surface area contributed by atoms with E-state index in [0.717, 1.165) is 38.2 Å². The number of amides is 1. The molecule has 0 N–H and O–H groups in total. The fraction of sp³-hybridized carbons (Fsp3) is 0.250. The Bertz CT molecular complexity index is 923. The van der Waals surface area contributed by atoms with Crippen LogP contribution in [0.3, 0.4) is 0 Å². The number of likely N-dealkylation sites (tertiary alicyclic amines) is 1. The van der Waals surface area contributed by atoms with Crippen molar-refractivity contribution in [2.45, 2.75) is 25.4 Å². The summed E-state index contributed by atoms with van der Waals surface area (Å²) in [5.41, 5.74) is 2.57. The number of piperidine rings is 1. The molecule has 3 aromatic rings. The molecular weight excluding hydrogens is 365 g/mol. The van der Waals surface area contributed by atoms with Crippen LogP contribution in [0, 0.1) is 5.82 Å². The molecule has 4 rings (SSSR count). The number of benzene rings is 2. The molecule has 0 unspecified atom stereocenters. The fourth-order valence-electron chi connectivity index (χ4n) is 3.90. The lowest BCUT2D eigenvalue weighted by molar-refractivity contribution is 0.0958. The van der Waals surface area contributed by atoms with Gasteiger partial charge in [0.05, 0.1) is 11.9 Å². The highest BCUT2D eigenvalue weighted by molar-refractivity contribution is 6.06. The maximum Gasteiger partial charge on any atom is 0.258 e. The van der Waals surface area contributed by atoms with Crippen molar-refractivity contribution in [1.29, 1.82) is 0 Å². The number of hydrogen-bond acceptors (Lipinski definition) is 3. The SMILES string of the molecule is O=C(c1ccc(F)cc1)N(c1cccnc1)C1CCN(Cc2ccccc2)CC1. The second-order valence-electron chi connectivity index (χ2n) is 7.39. The van der Waals surface area contributed by atoms with Gasteiger partial charge in [-0.15, -0.1) is 0 Å². The maximum atomic E-state index is 13.3. The van der Waals surface area contributed by atoms with Crippen molar-refractivity contribution >= 4 is 11.6 Å². The van der Waals surface area contributed by atoms with E-state index in [1.165, 1.54) is 17.7 Å². The number of anilines is 1. The van der Waals surface area contributed by atoms with Gasteiger partial charge in [0, 0.05) is 37.4 Å². The first kappa shape index (κ1) is 19.3. The molecule has 1 aliphatic heterocycles. The van der Waals surface area contributed by atoms with Crippen LogP contribution in [0.5, 0.6) is 0 Å². The zero-order valence-electron chi connectivity index (χ0n) is 16.2. The monoisotopic (exact) mass is 389 g/mol. The highest BCUT2D eigenvalue weighted by Crippen LogP contribution is 2.26. The predicted octanol–water partition coefficient (Wildman–Crippen LogP) is 4.53. The largest absolute Gasteiger partial charge is 0.304 e. The highest BCUT2D eigenvalue weighted by atomic mass is 19.1. The first-order chi connectivity index (χ1) is 14.2. The number of nitrogens with zero attached hydrogens (tertiary/aromatic N) is 3. The molecule has 5 heteroatoms. The lowest BCUT2D eigenvalue weighted by atomic mass is 10.0. The van der Waals surface area contributed by atoms with Gasteiger partial charge in [0.2, 0.25) is 0 Å². The van der Waals surface area contributed by atoms with E-state index >= 15 is 0 Å². The van der Waals surface area contributed by atoms with Gasteiger partial charge in [-0.2, -0.15) is 0 Å². The average molecular weight is 389 g/mol. The van der Waals surface area contributed by atoms with E-state index in [0.29, 0.717) is 5.56 Å². The van der Waals surface area contributed by atoms with Gasteiger partial charge in [0.15, 0.2) is 0 Å². The Morgan fingerprint density at radius 2 is 1.72 bits per heavy atom. The Kier molecular flexibility index (Phi) is 5.96. The van der Waals surface area contributed by atoms with E-state index in [-0.39, 0.29) is 17.8 Å². The number of carbonyl (C=O) groups excluding carboxylic acids is 1. The molecule has 1 saturated heterocycles. The van der Waals surface area contributed by atoms with E-state index < -0.39 is 0 Å². The molecule has 0 spiro atoms. The quantitative estimate of drug-likeness (QED) is 0.643. The van der Waals surface area contributed by atoms with E-state index in [9.17, 15) is 9.18 Å².